The second-order valence-corrected chi connectivity index (χ2v) is 16.2. The average molecular weight is 909 g/mol. The molecule has 0 spiro atoms. The predicted octanol–water partition coefficient (Wildman–Crippen LogP) is 4.16. The van der Waals surface area contributed by atoms with E-state index < -0.39 is 93.7 Å². The van der Waals surface area contributed by atoms with Crippen molar-refractivity contribution in [3.05, 3.63) is 153 Å². The number of fused-ring (bicyclic) bond motifs is 1. The van der Waals surface area contributed by atoms with Crippen LogP contribution in [0.2, 0.25) is 0 Å². The van der Waals surface area contributed by atoms with Crippen LogP contribution in [0.4, 0.5) is 5.82 Å². The van der Waals surface area contributed by atoms with Crippen molar-refractivity contribution in [2.24, 2.45) is 0 Å². The second kappa shape index (κ2) is 20.0. The van der Waals surface area contributed by atoms with Crippen LogP contribution in [0.1, 0.15) is 39.6 Å². The molecule has 8 atom stereocenters. The number of esters is 1. The molecule has 2 fully saturated rings. The summed E-state index contributed by atoms with van der Waals surface area (Å²) >= 11 is 0. The van der Waals surface area contributed by atoms with Gasteiger partial charge in [-0.1, -0.05) is 66.7 Å². The van der Waals surface area contributed by atoms with E-state index in [0.717, 1.165) is 4.57 Å². The number of aromatic nitrogens is 6. The van der Waals surface area contributed by atoms with Gasteiger partial charge >= 0.3 is 19.5 Å². The molecule has 0 bridgehead atoms. The number of ether oxygens (including phenoxy) is 4. The Labute approximate surface area is 369 Å². The summed E-state index contributed by atoms with van der Waals surface area (Å²) in [5.74, 6) is -1.07. The maximum absolute atomic E-state index is 14.6. The smallest absolute Gasteiger partial charge is 0.453 e. The highest BCUT2D eigenvalue weighted by molar-refractivity contribution is 7.48. The number of aliphatic hydroxyl groups is 1. The molecule has 0 saturated carbocycles. The number of hydrogen-bond donors (Lipinski definition) is 3. The standard InChI is InChI=1S/C43H41N8O13P/c1-44-18-19-59-65(57,64-30-20-33(61-31(30)22-52)50-21-29(40(54)49-43(50)56)26-12-6-3-7-13-26)60-23-32-35(63-42(55)28-16-10-5-11-17-28)36(58-2)41(62-32)51-25-47-34-37(45-24-46-38(34)51)48-39(53)27-14-8-4-9-15-27/h3-17,21,24-25,30-33,35-36,41,52H,18-20,22-23H2,2H3,(H,49,54,56)(H,45,46,48,53)/t30?,31-,32-,33-,35?,36+,41-,65?/m1/s1. The first-order valence-electron chi connectivity index (χ1n) is 20.2. The molecule has 3 unspecified atom stereocenters. The number of methoxy groups -OCH3 is 1. The van der Waals surface area contributed by atoms with Crippen molar-refractivity contribution in [2.45, 2.75) is 49.4 Å². The summed E-state index contributed by atoms with van der Waals surface area (Å²) < 4.78 is 59.1. The minimum absolute atomic E-state index is 0.109. The van der Waals surface area contributed by atoms with Gasteiger partial charge in [0.05, 0.1) is 30.7 Å². The van der Waals surface area contributed by atoms with Crippen LogP contribution in [0.5, 0.6) is 0 Å². The lowest BCUT2D eigenvalue weighted by atomic mass is 10.1. The first kappa shape index (κ1) is 44.9. The van der Waals surface area contributed by atoms with E-state index in [1.807, 2.05) is 0 Å². The van der Waals surface area contributed by atoms with Crippen LogP contribution in [0.15, 0.2) is 119 Å². The Balaban J connectivity index is 1.06. The quantitative estimate of drug-likeness (QED) is 0.0503. The number of H-pyrrole nitrogens is 1. The van der Waals surface area contributed by atoms with E-state index in [1.165, 1.54) is 30.5 Å². The molecule has 2 aliphatic heterocycles. The Kier molecular flexibility index (Phi) is 13.8. The number of phosphoric ester groups is 1. The Bertz CT molecular complexity index is 2840. The largest absolute Gasteiger partial charge is 0.475 e. The monoisotopic (exact) mass is 908 g/mol. The number of nitrogens with zero attached hydrogens (tertiary/aromatic N) is 6. The molecule has 0 radical (unpaired) electrons. The molecule has 1 amide bonds. The van der Waals surface area contributed by atoms with Gasteiger partial charge < -0.3 is 34.2 Å². The highest BCUT2D eigenvalue weighted by atomic mass is 31.2. The topological polar surface area (TPSA) is 251 Å². The van der Waals surface area contributed by atoms with Gasteiger partial charge in [0, 0.05) is 25.3 Å². The first-order valence-corrected chi connectivity index (χ1v) is 21.6. The number of phosphoric acid groups is 1. The Hall–Kier alpha value is -6.73. The Morgan fingerprint density at radius 1 is 0.923 bits per heavy atom. The highest BCUT2D eigenvalue weighted by Crippen LogP contribution is 2.54. The van der Waals surface area contributed by atoms with Gasteiger partial charge in [0.2, 0.25) is 6.54 Å². The van der Waals surface area contributed by atoms with E-state index in [0.29, 0.717) is 11.1 Å². The van der Waals surface area contributed by atoms with Crippen LogP contribution in [0, 0.1) is 6.57 Å². The fraction of sp³-hybridized carbons (Fsp3) is 0.302. The minimum atomic E-state index is -4.73. The molecule has 0 aliphatic carbocycles. The summed E-state index contributed by atoms with van der Waals surface area (Å²) in [5.41, 5.74) is 0.296. The normalized spacial score (nSPS) is 22.6. The van der Waals surface area contributed by atoms with Gasteiger partial charge in [-0.15, -0.1) is 0 Å². The van der Waals surface area contributed by atoms with E-state index in [1.54, 1.807) is 91.0 Å². The number of benzene rings is 3. The molecule has 3 aromatic heterocycles. The van der Waals surface area contributed by atoms with Crippen molar-refractivity contribution in [2.75, 3.05) is 38.8 Å². The highest BCUT2D eigenvalue weighted by Gasteiger charge is 2.51. The number of imidazole rings is 1. The van der Waals surface area contributed by atoms with E-state index in [4.69, 9.17) is 39.1 Å². The number of amides is 1. The van der Waals surface area contributed by atoms with Crippen LogP contribution in [-0.4, -0.2) is 110 Å². The van der Waals surface area contributed by atoms with Gasteiger partial charge in [-0.05, 0) is 29.8 Å². The number of carbonyl (C=O) groups is 2. The molecular weight excluding hydrogens is 867 g/mol. The predicted molar refractivity (Wildman–Crippen MR) is 228 cm³/mol. The maximum Gasteiger partial charge on any atom is 0.475 e. The van der Waals surface area contributed by atoms with E-state index in [9.17, 15) is 28.8 Å². The number of carbonyl (C=O) groups excluding carboxylic acids is 2. The third kappa shape index (κ3) is 9.85. The number of aliphatic hydroxyl groups excluding tert-OH is 1. The summed E-state index contributed by atoms with van der Waals surface area (Å²) in [5, 5.41) is 13.1. The summed E-state index contributed by atoms with van der Waals surface area (Å²) in [6.07, 6.45) is -4.40. The van der Waals surface area contributed by atoms with Crippen LogP contribution in [-0.2, 0) is 37.1 Å². The lowest BCUT2D eigenvalue weighted by Gasteiger charge is -2.26. The lowest BCUT2D eigenvalue weighted by Crippen LogP contribution is -2.39. The first-order chi connectivity index (χ1) is 31.6. The summed E-state index contributed by atoms with van der Waals surface area (Å²) in [6, 6.07) is 25.3. The molecule has 3 N–H and O–H groups in total. The zero-order valence-corrected chi connectivity index (χ0v) is 35.3. The van der Waals surface area contributed by atoms with Crippen molar-refractivity contribution >= 4 is 36.7 Å². The Morgan fingerprint density at radius 2 is 1.63 bits per heavy atom. The molecule has 5 heterocycles. The molecule has 6 aromatic rings. The van der Waals surface area contributed by atoms with Gasteiger partial charge in [0.15, 0.2) is 29.3 Å². The Morgan fingerprint density at radius 3 is 2.32 bits per heavy atom. The second-order valence-electron chi connectivity index (χ2n) is 14.6. The molecule has 22 heteroatoms. The zero-order valence-electron chi connectivity index (χ0n) is 34.4. The average Bonchev–Trinajstić information content (AvgIpc) is 4.04. The van der Waals surface area contributed by atoms with Crippen LogP contribution >= 0.6 is 7.82 Å². The zero-order chi connectivity index (χ0) is 45.5. The molecule has 2 aliphatic rings. The molecule has 65 heavy (non-hydrogen) atoms. The van der Waals surface area contributed by atoms with E-state index in [-0.39, 0.29) is 41.1 Å². The number of anilines is 1. The van der Waals surface area contributed by atoms with Crippen molar-refractivity contribution in [3.63, 3.8) is 0 Å². The van der Waals surface area contributed by atoms with Gasteiger partial charge in [-0.25, -0.2) is 35.7 Å². The molecule has 3 aromatic carbocycles. The van der Waals surface area contributed by atoms with E-state index >= 15 is 0 Å². The summed E-state index contributed by atoms with van der Waals surface area (Å²) in [6.45, 7) is 5.37. The SMILES string of the molecule is [C-]#[N+]CCOP(=O)(OC[C@H]1O[C@@H](n2cnc3c(NC(=O)c4ccccc4)ncnc32)[C@@H](OC)C1OC(=O)c1ccccc1)OC1C[C@H](n2cc(-c3ccccc3)c(=O)[nH]c2=O)O[C@@H]1CO. The molecule has 336 valence electrons. The van der Waals surface area contributed by atoms with Gasteiger partial charge in [0.1, 0.15) is 43.6 Å². The molecular formula is C43H41N8O13P. The summed E-state index contributed by atoms with van der Waals surface area (Å²) in [7, 11) is -3.36. The fourth-order valence-electron chi connectivity index (χ4n) is 7.42. The van der Waals surface area contributed by atoms with Crippen LogP contribution < -0.4 is 16.6 Å². The third-order valence-electron chi connectivity index (χ3n) is 10.5. The van der Waals surface area contributed by atoms with E-state index in [2.05, 4.69) is 30.1 Å². The van der Waals surface area contributed by atoms with Crippen LogP contribution in [0.25, 0.3) is 27.1 Å². The van der Waals surface area contributed by atoms with Crippen molar-refractivity contribution in [1.29, 1.82) is 0 Å². The minimum Gasteiger partial charge on any atom is -0.453 e. The number of aromatic amines is 1. The molecule has 21 nitrogen and oxygen atoms in total. The third-order valence-corrected chi connectivity index (χ3v) is 12.0. The van der Waals surface area contributed by atoms with Crippen molar-refractivity contribution in [1.82, 2.24) is 29.1 Å². The lowest BCUT2D eigenvalue weighted by molar-refractivity contribution is -0.0646. The molecule has 2 saturated heterocycles. The fourth-order valence-corrected chi connectivity index (χ4v) is 8.80. The van der Waals surface area contributed by atoms with Gasteiger partial charge in [-0.2, -0.15) is 0 Å². The van der Waals surface area contributed by atoms with Crippen molar-refractivity contribution in [3.8, 4) is 11.1 Å². The number of hydrogen-bond acceptors (Lipinski definition) is 16. The summed E-state index contributed by atoms with van der Waals surface area (Å²) in [4.78, 5) is 71.1. The molecule has 8 rings (SSSR count). The van der Waals surface area contributed by atoms with Gasteiger partial charge in [-0.3, -0.25) is 37.3 Å². The van der Waals surface area contributed by atoms with Crippen LogP contribution in [0.3, 0.4) is 0 Å². The number of nitrogens with one attached hydrogen (secondary N) is 2. The maximum atomic E-state index is 14.6. The number of rotatable bonds is 17. The van der Waals surface area contributed by atoms with Crippen molar-refractivity contribution < 1.29 is 51.8 Å². The van der Waals surface area contributed by atoms with Gasteiger partial charge in [0.25, 0.3) is 11.5 Å².